The van der Waals surface area contributed by atoms with E-state index in [-0.39, 0.29) is 30.7 Å². The lowest BCUT2D eigenvalue weighted by Crippen LogP contribution is -2.49. The van der Waals surface area contributed by atoms with Crippen LogP contribution in [0.2, 0.25) is 0 Å². The lowest BCUT2D eigenvalue weighted by molar-refractivity contribution is -0.176. The molecule has 10 heteroatoms. The first-order valence-corrected chi connectivity index (χ1v) is 9.55. The molecule has 1 N–H and O–H groups in total. The lowest BCUT2D eigenvalue weighted by Gasteiger charge is -2.32. The second-order valence-electron chi connectivity index (χ2n) is 7.37. The molecule has 156 valence electrons. The smallest absolute Gasteiger partial charge is 0.330 e. The van der Waals surface area contributed by atoms with Crippen molar-refractivity contribution in [2.24, 2.45) is 11.8 Å². The van der Waals surface area contributed by atoms with Crippen molar-refractivity contribution >= 4 is 23.5 Å². The molecule has 1 aromatic rings. The minimum atomic E-state index is -1.32. The topological polar surface area (TPSA) is 117 Å². The second kappa shape index (κ2) is 8.91. The number of nitrogens with zero attached hydrogens (tertiary/aromatic N) is 1. The molecule has 0 radical (unpaired) electrons. The molecule has 0 spiro atoms. The Morgan fingerprint density at radius 3 is 2.46 bits per heavy atom. The average molecular weight is 417 g/mol. The zero-order valence-electron chi connectivity index (χ0n) is 16.3. The quantitative estimate of drug-likeness (QED) is 0.524. The highest BCUT2D eigenvalue weighted by molar-refractivity contribution is 6.18. The van der Waals surface area contributed by atoms with Gasteiger partial charge in [0.2, 0.25) is 0 Å². The van der Waals surface area contributed by atoms with Crippen molar-refractivity contribution < 1.29 is 23.8 Å². The summed E-state index contributed by atoms with van der Waals surface area (Å²) in [6.45, 7) is 6.50. The molecule has 0 unspecified atom stereocenters. The van der Waals surface area contributed by atoms with Gasteiger partial charge in [0.15, 0.2) is 5.60 Å². The van der Waals surface area contributed by atoms with Crippen LogP contribution in [0.3, 0.4) is 0 Å². The van der Waals surface area contributed by atoms with Crippen LogP contribution in [0.1, 0.15) is 40.3 Å². The summed E-state index contributed by atoms with van der Waals surface area (Å²) in [6.07, 6.45) is -0.303. The van der Waals surface area contributed by atoms with Crippen LogP contribution in [-0.2, 0) is 23.8 Å². The molecule has 9 nitrogen and oxygen atoms in total. The summed E-state index contributed by atoms with van der Waals surface area (Å²) in [5.74, 6) is -1.80. The van der Waals surface area contributed by atoms with Crippen molar-refractivity contribution in [3.63, 3.8) is 0 Å². The summed E-state index contributed by atoms with van der Waals surface area (Å²) in [7, 11) is 0. The van der Waals surface area contributed by atoms with E-state index in [0.29, 0.717) is 0 Å². The van der Waals surface area contributed by atoms with Crippen LogP contribution in [0.25, 0.3) is 0 Å². The highest BCUT2D eigenvalue weighted by atomic mass is 35.5. The summed E-state index contributed by atoms with van der Waals surface area (Å²) in [6, 6.07) is 1.18. The lowest BCUT2D eigenvalue weighted by atomic mass is 9.99. The largest absolute Gasteiger partial charge is 0.462 e. The summed E-state index contributed by atoms with van der Waals surface area (Å²) < 4.78 is 18.0. The van der Waals surface area contributed by atoms with Crippen LogP contribution in [0.5, 0.6) is 0 Å². The van der Waals surface area contributed by atoms with E-state index in [1.165, 1.54) is 16.8 Å². The molecule has 28 heavy (non-hydrogen) atoms. The molecule has 1 aromatic heterocycles. The number of aromatic amines is 1. The van der Waals surface area contributed by atoms with E-state index in [2.05, 4.69) is 4.98 Å². The van der Waals surface area contributed by atoms with Gasteiger partial charge in [-0.1, -0.05) is 27.7 Å². The van der Waals surface area contributed by atoms with Crippen molar-refractivity contribution in [3.8, 4) is 0 Å². The maximum absolute atomic E-state index is 12.2. The Balaban J connectivity index is 2.33. The number of halogens is 1. The monoisotopic (exact) mass is 416 g/mol. The van der Waals surface area contributed by atoms with Crippen LogP contribution in [0.15, 0.2) is 21.9 Å². The van der Waals surface area contributed by atoms with Gasteiger partial charge in [-0.3, -0.25) is 23.9 Å². The summed E-state index contributed by atoms with van der Waals surface area (Å²) in [5.41, 5.74) is -2.54. The molecule has 0 aromatic carbocycles. The van der Waals surface area contributed by atoms with Crippen molar-refractivity contribution in [3.05, 3.63) is 33.1 Å². The van der Waals surface area contributed by atoms with Crippen LogP contribution in [-0.4, -0.2) is 45.7 Å². The normalized spacial score (nSPS) is 24.5. The highest BCUT2D eigenvalue weighted by Gasteiger charge is 2.52. The van der Waals surface area contributed by atoms with Gasteiger partial charge < -0.3 is 14.2 Å². The van der Waals surface area contributed by atoms with Crippen LogP contribution in [0, 0.1) is 11.8 Å². The fourth-order valence-electron chi connectivity index (χ4n) is 2.69. The number of alkyl halides is 1. The van der Waals surface area contributed by atoms with Crippen molar-refractivity contribution in [1.82, 2.24) is 9.55 Å². The van der Waals surface area contributed by atoms with E-state index >= 15 is 0 Å². The van der Waals surface area contributed by atoms with Gasteiger partial charge in [0.1, 0.15) is 18.9 Å². The van der Waals surface area contributed by atoms with Crippen molar-refractivity contribution in [2.75, 3.05) is 12.5 Å². The maximum Gasteiger partial charge on any atom is 0.330 e. The number of hydrogen-bond acceptors (Lipinski definition) is 7. The maximum atomic E-state index is 12.2. The molecule has 1 aliphatic rings. The third kappa shape index (κ3) is 4.82. The summed E-state index contributed by atoms with van der Waals surface area (Å²) in [5, 5.41) is 0. The summed E-state index contributed by atoms with van der Waals surface area (Å²) in [4.78, 5) is 49.6. The highest BCUT2D eigenvalue weighted by Crippen LogP contribution is 2.39. The van der Waals surface area contributed by atoms with Gasteiger partial charge in [0, 0.05) is 18.7 Å². The zero-order chi connectivity index (χ0) is 21.1. The molecule has 1 saturated heterocycles. The predicted molar refractivity (Wildman–Crippen MR) is 100 cm³/mol. The van der Waals surface area contributed by atoms with Crippen molar-refractivity contribution in [2.45, 2.75) is 52.0 Å². The molecular weight excluding hydrogens is 392 g/mol. The van der Waals surface area contributed by atoms with E-state index in [1.54, 1.807) is 27.7 Å². The van der Waals surface area contributed by atoms with E-state index < -0.39 is 41.1 Å². The third-order valence-electron chi connectivity index (χ3n) is 4.42. The Hall–Kier alpha value is -2.13. The molecule has 0 saturated carbocycles. The van der Waals surface area contributed by atoms with Gasteiger partial charge in [0.05, 0.1) is 17.7 Å². The number of ether oxygens (including phenoxy) is 3. The molecule has 0 aliphatic carbocycles. The Morgan fingerprint density at radius 2 is 1.93 bits per heavy atom. The number of carbonyl (C=O) groups excluding carboxylic acids is 2. The Kier molecular flexibility index (Phi) is 7.06. The van der Waals surface area contributed by atoms with E-state index in [9.17, 15) is 19.2 Å². The third-order valence-corrected chi connectivity index (χ3v) is 4.87. The summed E-state index contributed by atoms with van der Waals surface area (Å²) >= 11 is 6.15. The Morgan fingerprint density at radius 1 is 1.29 bits per heavy atom. The number of carbonyl (C=O) groups is 2. The fourth-order valence-corrected chi connectivity index (χ4v) is 3.00. The molecule has 2 rings (SSSR count). The number of hydrogen-bond donors (Lipinski definition) is 1. The van der Waals surface area contributed by atoms with Gasteiger partial charge in [-0.25, -0.2) is 4.79 Å². The number of H-pyrrole nitrogens is 1. The molecule has 0 bridgehead atoms. The average Bonchev–Trinajstić information content (AvgIpc) is 2.97. The fraction of sp³-hybridized carbons (Fsp3) is 0.667. The SMILES string of the molecule is CC(C)C(=O)OC[C@@]1(CCl)O[C@@H](n2ccc(=O)[nH]c2=O)C[C@@H]1OC(=O)C(C)C. The van der Waals surface area contributed by atoms with Gasteiger partial charge in [-0.15, -0.1) is 11.6 Å². The van der Waals surface area contributed by atoms with E-state index in [0.717, 1.165) is 0 Å². The Bertz CT molecular complexity index is 832. The van der Waals surface area contributed by atoms with Gasteiger partial charge >= 0.3 is 17.6 Å². The minimum absolute atomic E-state index is 0.107. The van der Waals surface area contributed by atoms with Gasteiger partial charge in [0.25, 0.3) is 5.56 Å². The minimum Gasteiger partial charge on any atom is -0.462 e. The first-order chi connectivity index (χ1) is 13.1. The molecular formula is C18H25ClN2O7. The Labute approximate surface area is 166 Å². The molecule has 1 fully saturated rings. The molecule has 3 atom stereocenters. The van der Waals surface area contributed by atoms with Crippen molar-refractivity contribution in [1.29, 1.82) is 0 Å². The predicted octanol–water partition coefficient (Wildman–Crippen LogP) is 1.20. The van der Waals surface area contributed by atoms with Gasteiger partial charge in [-0.05, 0) is 0 Å². The number of rotatable bonds is 7. The number of aromatic nitrogens is 2. The zero-order valence-corrected chi connectivity index (χ0v) is 17.0. The number of nitrogens with one attached hydrogen (secondary N) is 1. The molecule has 2 heterocycles. The second-order valence-corrected chi connectivity index (χ2v) is 7.63. The van der Waals surface area contributed by atoms with E-state index in [4.69, 9.17) is 25.8 Å². The van der Waals surface area contributed by atoms with E-state index in [1.807, 2.05) is 0 Å². The first-order valence-electron chi connectivity index (χ1n) is 9.02. The first kappa shape index (κ1) is 22.2. The van der Waals surface area contributed by atoms with Crippen LogP contribution >= 0.6 is 11.6 Å². The molecule has 1 aliphatic heterocycles. The van der Waals surface area contributed by atoms with Gasteiger partial charge in [-0.2, -0.15) is 0 Å². The standard InChI is InChI=1S/C18H25ClN2O7/c1-10(2)15(23)26-9-18(8-19)12(27-16(24)11(3)4)7-14(28-18)21-6-5-13(22)20-17(21)25/h5-6,10-12,14H,7-9H2,1-4H3,(H,20,22,25)/t12-,14+,18+/m0/s1. The van der Waals surface area contributed by atoms with Crippen LogP contribution in [0.4, 0.5) is 0 Å². The number of esters is 2. The van der Waals surface area contributed by atoms with Crippen LogP contribution < -0.4 is 11.2 Å². The molecule has 0 amide bonds.